The summed E-state index contributed by atoms with van der Waals surface area (Å²) in [6.45, 7) is 0.680. The van der Waals surface area contributed by atoms with Crippen molar-refractivity contribution in [2.45, 2.75) is 6.54 Å². The molecule has 0 atom stereocenters. The largest absolute Gasteiger partial charge is 0.355 e. The molecule has 128 valence electrons. The molecule has 0 saturated heterocycles. The minimum Gasteiger partial charge on any atom is -0.355 e. The van der Waals surface area contributed by atoms with Crippen molar-refractivity contribution in [1.29, 1.82) is 0 Å². The molecule has 0 aliphatic carbocycles. The molecule has 4 aromatic rings. The lowest BCUT2D eigenvalue weighted by Gasteiger charge is -2.05. The Morgan fingerprint density at radius 2 is 1.88 bits per heavy atom. The molecule has 1 N–H and O–H groups in total. The summed E-state index contributed by atoms with van der Waals surface area (Å²) in [6, 6.07) is 14.7. The number of carbonyl (C=O) groups excluding carboxylic acids is 1. The zero-order valence-corrected chi connectivity index (χ0v) is 13.7. The van der Waals surface area contributed by atoms with E-state index in [9.17, 15) is 4.79 Å². The van der Waals surface area contributed by atoms with Crippen LogP contribution < -0.4 is 5.32 Å². The van der Waals surface area contributed by atoms with Crippen LogP contribution in [0.1, 0.15) is 16.1 Å². The molecular formula is C19H15N5O2. The molecule has 3 heterocycles. The first-order chi connectivity index (χ1) is 12.8. The normalized spacial score (nSPS) is 10.6. The van der Waals surface area contributed by atoms with Gasteiger partial charge < -0.3 is 9.84 Å². The number of carbonyl (C=O) groups is 1. The van der Waals surface area contributed by atoms with Gasteiger partial charge in [0.15, 0.2) is 11.5 Å². The number of nitrogens with zero attached hydrogens (tertiary/aromatic N) is 4. The summed E-state index contributed by atoms with van der Waals surface area (Å²) in [5, 5.41) is 10.8. The number of hydrogen-bond donors (Lipinski definition) is 1. The van der Waals surface area contributed by atoms with E-state index in [-0.39, 0.29) is 11.6 Å². The molecule has 7 nitrogen and oxygen atoms in total. The molecule has 0 spiro atoms. The van der Waals surface area contributed by atoms with Crippen molar-refractivity contribution in [3.05, 3.63) is 84.6 Å². The quantitative estimate of drug-likeness (QED) is 0.600. The number of anilines is 1. The van der Waals surface area contributed by atoms with Crippen LogP contribution in [0.3, 0.4) is 0 Å². The molecule has 1 aromatic carbocycles. The lowest BCUT2D eigenvalue weighted by atomic mass is 10.2. The second-order valence-electron chi connectivity index (χ2n) is 5.67. The van der Waals surface area contributed by atoms with Crippen molar-refractivity contribution in [1.82, 2.24) is 19.9 Å². The zero-order valence-electron chi connectivity index (χ0n) is 13.7. The topological polar surface area (TPSA) is 85.8 Å². The van der Waals surface area contributed by atoms with E-state index in [1.165, 1.54) is 0 Å². The number of amides is 1. The van der Waals surface area contributed by atoms with Gasteiger partial charge in [-0.3, -0.25) is 14.5 Å². The first-order valence-corrected chi connectivity index (χ1v) is 8.03. The maximum atomic E-state index is 12.3. The molecule has 0 unspecified atom stereocenters. The van der Waals surface area contributed by atoms with Gasteiger partial charge in [0.25, 0.3) is 5.91 Å². The highest BCUT2D eigenvalue weighted by Crippen LogP contribution is 2.20. The molecule has 26 heavy (non-hydrogen) atoms. The first-order valence-electron chi connectivity index (χ1n) is 8.03. The van der Waals surface area contributed by atoms with Crippen molar-refractivity contribution >= 4 is 11.6 Å². The van der Waals surface area contributed by atoms with Gasteiger partial charge in [0.05, 0.1) is 6.54 Å². The molecule has 0 bridgehead atoms. The third-order valence-electron chi connectivity index (χ3n) is 3.82. The molecule has 7 heteroatoms. The van der Waals surface area contributed by atoms with Crippen molar-refractivity contribution in [3.8, 4) is 11.3 Å². The Balaban J connectivity index is 1.42. The average Bonchev–Trinajstić information content (AvgIpc) is 3.36. The Morgan fingerprint density at radius 1 is 1.08 bits per heavy atom. The van der Waals surface area contributed by atoms with E-state index < -0.39 is 0 Å². The number of aromatic nitrogens is 4. The van der Waals surface area contributed by atoms with Crippen LogP contribution in [0.2, 0.25) is 0 Å². The van der Waals surface area contributed by atoms with Crippen molar-refractivity contribution in [3.63, 3.8) is 0 Å². The summed E-state index contributed by atoms with van der Waals surface area (Å²) < 4.78 is 7.08. The number of rotatable bonds is 5. The Bertz CT molecular complexity index is 992. The third kappa shape index (κ3) is 3.51. The van der Waals surface area contributed by atoms with E-state index in [0.717, 1.165) is 11.1 Å². The summed E-state index contributed by atoms with van der Waals surface area (Å²) in [5.41, 5.74) is 2.81. The van der Waals surface area contributed by atoms with Crippen LogP contribution in [0, 0.1) is 0 Å². The second-order valence-corrected chi connectivity index (χ2v) is 5.67. The highest BCUT2D eigenvalue weighted by molar-refractivity contribution is 6.03. The molecular weight excluding hydrogens is 330 g/mol. The first kappa shape index (κ1) is 15.8. The van der Waals surface area contributed by atoms with Gasteiger partial charge in [-0.1, -0.05) is 17.3 Å². The average molecular weight is 345 g/mol. The van der Waals surface area contributed by atoms with Gasteiger partial charge in [-0.05, 0) is 35.9 Å². The number of pyridine rings is 1. The van der Waals surface area contributed by atoms with Gasteiger partial charge >= 0.3 is 0 Å². The monoisotopic (exact) mass is 345 g/mol. The fraction of sp³-hybridized carbons (Fsp3) is 0.0526. The van der Waals surface area contributed by atoms with E-state index in [0.29, 0.717) is 18.0 Å². The van der Waals surface area contributed by atoms with Crippen LogP contribution in [0.4, 0.5) is 5.69 Å². The van der Waals surface area contributed by atoms with Crippen molar-refractivity contribution in [2.24, 2.45) is 0 Å². The molecule has 0 radical (unpaired) electrons. The van der Waals surface area contributed by atoms with Crippen LogP contribution >= 0.6 is 0 Å². The smallest absolute Gasteiger partial charge is 0.277 e. The van der Waals surface area contributed by atoms with Crippen LogP contribution in [-0.2, 0) is 6.54 Å². The van der Waals surface area contributed by atoms with Crippen molar-refractivity contribution in [2.75, 3.05) is 5.32 Å². The molecule has 0 aliphatic rings. The van der Waals surface area contributed by atoms with E-state index in [1.54, 1.807) is 36.8 Å². The van der Waals surface area contributed by atoms with Crippen LogP contribution in [0.15, 0.2) is 77.8 Å². The fourth-order valence-corrected chi connectivity index (χ4v) is 2.50. The Morgan fingerprint density at radius 3 is 2.62 bits per heavy atom. The molecule has 4 rings (SSSR count). The second kappa shape index (κ2) is 7.02. The Kier molecular flexibility index (Phi) is 4.26. The Labute approximate surface area is 149 Å². The number of hydrogen-bond acceptors (Lipinski definition) is 5. The zero-order chi connectivity index (χ0) is 17.8. The molecule has 3 aromatic heterocycles. The summed E-state index contributed by atoms with van der Waals surface area (Å²) in [6.07, 6.45) is 6.96. The molecule has 0 fully saturated rings. The Hall–Kier alpha value is -3.74. The van der Waals surface area contributed by atoms with Crippen molar-refractivity contribution < 1.29 is 9.32 Å². The summed E-state index contributed by atoms with van der Waals surface area (Å²) in [4.78, 5) is 16.3. The summed E-state index contributed by atoms with van der Waals surface area (Å²) in [5.74, 6) is 0.195. The molecule has 0 saturated carbocycles. The van der Waals surface area contributed by atoms with Crippen LogP contribution in [-0.4, -0.2) is 25.8 Å². The van der Waals surface area contributed by atoms with Gasteiger partial charge in [-0.15, -0.1) is 0 Å². The lowest BCUT2D eigenvalue weighted by molar-refractivity contribution is 0.101. The summed E-state index contributed by atoms with van der Waals surface area (Å²) in [7, 11) is 0. The van der Waals surface area contributed by atoms with E-state index in [2.05, 4.69) is 20.6 Å². The van der Waals surface area contributed by atoms with Gasteiger partial charge in [0.2, 0.25) is 0 Å². The lowest BCUT2D eigenvalue weighted by Crippen LogP contribution is -2.12. The van der Waals surface area contributed by atoms with Crippen LogP contribution in [0.25, 0.3) is 11.3 Å². The maximum Gasteiger partial charge on any atom is 0.277 e. The van der Waals surface area contributed by atoms with Gasteiger partial charge in [0.1, 0.15) is 0 Å². The third-order valence-corrected chi connectivity index (χ3v) is 3.82. The fourth-order valence-electron chi connectivity index (χ4n) is 2.50. The molecule has 1 amide bonds. The van der Waals surface area contributed by atoms with Gasteiger partial charge in [-0.2, -0.15) is 5.10 Å². The standard InChI is InChI=1S/C19H15N5O2/c25-19(17-12-18(26-23-17)15-6-9-20-10-7-15)22-16-4-2-14(3-5-16)13-24-11-1-8-21-24/h1-12H,13H2,(H,22,25). The number of nitrogens with one attached hydrogen (secondary N) is 1. The predicted molar refractivity (Wildman–Crippen MR) is 95.5 cm³/mol. The number of benzene rings is 1. The van der Waals surface area contributed by atoms with Crippen LogP contribution in [0.5, 0.6) is 0 Å². The van der Waals surface area contributed by atoms with E-state index in [4.69, 9.17) is 4.52 Å². The summed E-state index contributed by atoms with van der Waals surface area (Å²) >= 11 is 0. The highest BCUT2D eigenvalue weighted by Gasteiger charge is 2.14. The highest BCUT2D eigenvalue weighted by atomic mass is 16.5. The minimum absolute atomic E-state index is 0.220. The van der Waals surface area contributed by atoms with Gasteiger partial charge in [0, 0.05) is 42.1 Å². The van der Waals surface area contributed by atoms with Gasteiger partial charge in [-0.25, -0.2) is 0 Å². The van der Waals surface area contributed by atoms with E-state index >= 15 is 0 Å². The van der Waals surface area contributed by atoms with E-state index in [1.807, 2.05) is 41.2 Å². The SMILES string of the molecule is O=C(Nc1ccc(Cn2cccn2)cc1)c1cc(-c2ccncc2)on1. The maximum absolute atomic E-state index is 12.3. The molecule has 0 aliphatic heterocycles. The predicted octanol–water partition coefficient (Wildman–Crippen LogP) is 3.23. The minimum atomic E-state index is -0.325.